The molecule has 0 spiro atoms. The first-order valence-electron chi connectivity index (χ1n) is 7.87. The van der Waals surface area contributed by atoms with Crippen LogP contribution in [0.5, 0.6) is 5.75 Å². The molecule has 1 fully saturated rings. The molecule has 0 heterocycles. The Hall–Kier alpha value is -2.29. The summed E-state index contributed by atoms with van der Waals surface area (Å²) in [5, 5.41) is 13.0. The number of carbonyl (C=O) groups excluding carboxylic acids is 1. The molecule has 1 saturated carbocycles. The average molecular weight is 295 g/mol. The number of ketones is 1. The highest BCUT2D eigenvalue weighted by Crippen LogP contribution is 2.35. The van der Waals surface area contributed by atoms with E-state index in [0.29, 0.717) is 12.2 Å². The molecule has 1 aliphatic rings. The lowest BCUT2D eigenvalue weighted by atomic mass is 9.80. The first kappa shape index (κ1) is 14.6. The van der Waals surface area contributed by atoms with Crippen LogP contribution in [0.1, 0.15) is 37.3 Å². The van der Waals surface area contributed by atoms with Gasteiger partial charge >= 0.3 is 0 Å². The second-order valence-corrected chi connectivity index (χ2v) is 5.90. The van der Waals surface area contributed by atoms with Crippen LogP contribution in [0.3, 0.4) is 0 Å². The molecule has 3 heteroatoms. The standard InChI is InChI=1S/C19H21NO2/c21-16-12-10-14(11-13-16)19(17-8-4-5-9-18(17)22)20-15-6-2-1-3-7-15/h1-3,6-7,10-13,17,19-21H,4-5,8-9H2/t17-,19+/m0/s1. The van der Waals surface area contributed by atoms with E-state index in [1.54, 1.807) is 12.1 Å². The number of carbonyl (C=O) groups is 1. The Balaban J connectivity index is 1.90. The minimum atomic E-state index is -0.0456. The van der Waals surface area contributed by atoms with Crippen molar-refractivity contribution in [3.05, 3.63) is 60.2 Å². The molecule has 2 atom stereocenters. The normalized spacial score (nSPS) is 19.6. The van der Waals surface area contributed by atoms with E-state index in [1.165, 1.54) is 0 Å². The Labute approximate surface area is 131 Å². The molecular formula is C19H21NO2. The van der Waals surface area contributed by atoms with Gasteiger partial charge in [-0.15, -0.1) is 0 Å². The summed E-state index contributed by atoms with van der Waals surface area (Å²) in [5.74, 6) is 0.587. The lowest BCUT2D eigenvalue weighted by Gasteiger charge is -2.31. The van der Waals surface area contributed by atoms with Crippen LogP contribution in [0.15, 0.2) is 54.6 Å². The maximum absolute atomic E-state index is 12.4. The van der Waals surface area contributed by atoms with Crippen LogP contribution in [-0.2, 0) is 4.79 Å². The first-order chi connectivity index (χ1) is 10.7. The zero-order valence-electron chi connectivity index (χ0n) is 12.5. The first-order valence-corrected chi connectivity index (χ1v) is 7.87. The van der Waals surface area contributed by atoms with Gasteiger partial charge in [-0.25, -0.2) is 0 Å². The molecule has 0 radical (unpaired) electrons. The Kier molecular flexibility index (Phi) is 4.42. The van der Waals surface area contributed by atoms with E-state index in [-0.39, 0.29) is 17.7 Å². The molecule has 2 aromatic rings. The number of nitrogens with one attached hydrogen (secondary N) is 1. The van der Waals surface area contributed by atoms with E-state index in [9.17, 15) is 9.90 Å². The second-order valence-electron chi connectivity index (χ2n) is 5.90. The molecule has 2 aromatic carbocycles. The highest BCUT2D eigenvalue weighted by Gasteiger charge is 2.31. The third-order valence-corrected chi connectivity index (χ3v) is 4.35. The van der Waals surface area contributed by atoms with Crippen molar-refractivity contribution < 1.29 is 9.90 Å². The number of Topliss-reactive ketones (excluding diaryl/α,β-unsaturated/α-hetero) is 1. The minimum Gasteiger partial charge on any atom is -0.508 e. The SMILES string of the molecule is O=C1CCCC[C@@H]1[C@H](Nc1ccccc1)c1ccc(O)cc1. The van der Waals surface area contributed by atoms with Crippen LogP contribution < -0.4 is 5.32 Å². The molecule has 0 saturated heterocycles. The number of phenols is 1. The van der Waals surface area contributed by atoms with E-state index in [4.69, 9.17) is 0 Å². The van der Waals surface area contributed by atoms with Crippen LogP contribution in [0.4, 0.5) is 5.69 Å². The molecule has 0 aromatic heterocycles. The van der Waals surface area contributed by atoms with Crippen LogP contribution in [-0.4, -0.2) is 10.9 Å². The summed E-state index contributed by atoms with van der Waals surface area (Å²) in [4.78, 5) is 12.4. The average Bonchev–Trinajstić information content (AvgIpc) is 2.55. The number of benzene rings is 2. The quantitative estimate of drug-likeness (QED) is 0.884. The Morgan fingerprint density at radius 3 is 2.41 bits per heavy atom. The van der Waals surface area contributed by atoms with Crippen molar-refractivity contribution in [2.75, 3.05) is 5.32 Å². The summed E-state index contributed by atoms with van der Waals surface area (Å²) in [7, 11) is 0. The van der Waals surface area contributed by atoms with Crippen LogP contribution in [0.2, 0.25) is 0 Å². The summed E-state index contributed by atoms with van der Waals surface area (Å²) in [5.41, 5.74) is 2.06. The molecule has 1 aliphatic carbocycles. The number of hydrogen-bond acceptors (Lipinski definition) is 3. The maximum atomic E-state index is 12.4. The van der Waals surface area contributed by atoms with Crippen molar-refractivity contribution in [3.8, 4) is 5.75 Å². The van der Waals surface area contributed by atoms with Gasteiger partial charge in [0.1, 0.15) is 11.5 Å². The number of anilines is 1. The zero-order chi connectivity index (χ0) is 15.4. The molecule has 0 amide bonds. The van der Waals surface area contributed by atoms with E-state index >= 15 is 0 Å². The second kappa shape index (κ2) is 6.65. The number of phenolic OH excluding ortho intramolecular Hbond substituents is 1. The third kappa shape index (κ3) is 3.30. The van der Waals surface area contributed by atoms with Crippen LogP contribution in [0.25, 0.3) is 0 Å². The highest BCUT2D eigenvalue weighted by atomic mass is 16.3. The lowest BCUT2D eigenvalue weighted by Crippen LogP contribution is -2.30. The van der Waals surface area contributed by atoms with Crippen molar-refractivity contribution in [3.63, 3.8) is 0 Å². The largest absolute Gasteiger partial charge is 0.508 e. The van der Waals surface area contributed by atoms with Crippen molar-refractivity contribution >= 4 is 11.5 Å². The fraction of sp³-hybridized carbons (Fsp3) is 0.316. The van der Waals surface area contributed by atoms with Gasteiger partial charge in [0.2, 0.25) is 0 Å². The van der Waals surface area contributed by atoms with E-state index in [0.717, 1.165) is 30.5 Å². The summed E-state index contributed by atoms with van der Waals surface area (Å²) in [6.45, 7) is 0. The predicted octanol–water partition coefficient (Wildman–Crippen LogP) is 4.30. The van der Waals surface area contributed by atoms with Gasteiger partial charge < -0.3 is 10.4 Å². The maximum Gasteiger partial charge on any atom is 0.138 e. The summed E-state index contributed by atoms with van der Waals surface area (Å²) < 4.78 is 0. The van der Waals surface area contributed by atoms with Gasteiger partial charge in [0.15, 0.2) is 0 Å². The summed E-state index contributed by atoms with van der Waals surface area (Å²) in [6.07, 6.45) is 3.70. The van der Waals surface area contributed by atoms with E-state index in [2.05, 4.69) is 5.32 Å². The van der Waals surface area contributed by atoms with Crippen molar-refractivity contribution in [2.45, 2.75) is 31.7 Å². The fourth-order valence-corrected chi connectivity index (χ4v) is 3.17. The van der Waals surface area contributed by atoms with Crippen molar-refractivity contribution in [1.82, 2.24) is 0 Å². The summed E-state index contributed by atoms with van der Waals surface area (Å²) >= 11 is 0. The molecule has 22 heavy (non-hydrogen) atoms. The molecule has 3 nitrogen and oxygen atoms in total. The summed E-state index contributed by atoms with van der Waals surface area (Å²) in [6, 6.07) is 17.1. The van der Waals surface area contributed by atoms with E-state index < -0.39 is 0 Å². The van der Waals surface area contributed by atoms with Gasteiger partial charge in [-0.1, -0.05) is 36.8 Å². The van der Waals surface area contributed by atoms with Crippen LogP contribution >= 0.6 is 0 Å². The van der Waals surface area contributed by atoms with E-state index in [1.807, 2.05) is 42.5 Å². The smallest absolute Gasteiger partial charge is 0.138 e. The highest BCUT2D eigenvalue weighted by molar-refractivity contribution is 5.83. The van der Waals surface area contributed by atoms with Gasteiger partial charge in [-0.3, -0.25) is 4.79 Å². The minimum absolute atomic E-state index is 0.00139. The van der Waals surface area contributed by atoms with Gasteiger partial charge in [-0.05, 0) is 42.7 Å². The Bertz CT molecular complexity index is 622. The molecular weight excluding hydrogens is 274 g/mol. The van der Waals surface area contributed by atoms with Gasteiger partial charge in [0.05, 0.1) is 6.04 Å². The number of para-hydroxylation sites is 1. The third-order valence-electron chi connectivity index (χ3n) is 4.35. The molecule has 0 aliphatic heterocycles. The number of aromatic hydroxyl groups is 1. The number of rotatable bonds is 4. The monoisotopic (exact) mass is 295 g/mol. The van der Waals surface area contributed by atoms with Crippen LogP contribution in [0, 0.1) is 5.92 Å². The van der Waals surface area contributed by atoms with Crippen molar-refractivity contribution in [1.29, 1.82) is 0 Å². The zero-order valence-corrected chi connectivity index (χ0v) is 12.5. The number of hydrogen-bond donors (Lipinski definition) is 2. The topological polar surface area (TPSA) is 49.3 Å². The predicted molar refractivity (Wildman–Crippen MR) is 87.9 cm³/mol. The fourth-order valence-electron chi connectivity index (χ4n) is 3.17. The Morgan fingerprint density at radius 2 is 1.73 bits per heavy atom. The Morgan fingerprint density at radius 1 is 1.00 bits per heavy atom. The lowest BCUT2D eigenvalue weighted by molar-refractivity contribution is -0.125. The van der Waals surface area contributed by atoms with Gasteiger partial charge in [-0.2, -0.15) is 0 Å². The molecule has 0 bridgehead atoms. The molecule has 3 rings (SSSR count). The molecule has 2 N–H and O–H groups in total. The van der Waals surface area contributed by atoms with Gasteiger partial charge in [0, 0.05) is 18.0 Å². The van der Waals surface area contributed by atoms with Crippen molar-refractivity contribution in [2.24, 2.45) is 5.92 Å². The van der Waals surface area contributed by atoms with Gasteiger partial charge in [0.25, 0.3) is 0 Å². The molecule has 114 valence electrons. The molecule has 0 unspecified atom stereocenters.